The maximum atomic E-state index is 14.4. The summed E-state index contributed by atoms with van der Waals surface area (Å²) in [7, 11) is 0. The van der Waals surface area contributed by atoms with Crippen molar-refractivity contribution in [2.24, 2.45) is 0 Å². The Hall–Kier alpha value is -2.55. The van der Waals surface area contributed by atoms with E-state index < -0.39 is 11.7 Å². The number of carbonyl (C=O) groups excluding carboxylic acids is 1. The van der Waals surface area contributed by atoms with Gasteiger partial charge in [-0.05, 0) is 10.8 Å². The van der Waals surface area contributed by atoms with Crippen LogP contribution in [0.25, 0.3) is 10.8 Å². The molecule has 0 N–H and O–H groups in total. The summed E-state index contributed by atoms with van der Waals surface area (Å²) < 4.78 is 28.8. The molecule has 3 rings (SSSR count). The fourth-order valence-electron chi connectivity index (χ4n) is 2.37. The van der Waals surface area contributed by atoms with Crippen LogP contribution in [0, 0.1) is 0 Å². The summed E-state index contributed by atoms with van der Waals surface area (Å²) in [6, 6.07) is 19.1. The van der Waals surface area contributed by atoms with Gasteiger partial charge < -0.3 is 0 Å². The summed E-state index contributed by atoms with van der Waals surface area (Å²) in [5.74, 6) is -4.71. The first-order valence-corrected chi connectivity index (χ1v) is 6.56. The molecule has 21 heavy (non-hydrogen) atoms. The zero-order valence-corrected chi connectivity index (χ0v) is 11.1. The molecule has 0 saturated carbocycles. The fraction of sp³-hybridized carbons (Fsp3) is 0.0556. The first-order valence-electron chi connectivity index (χ1n) is 6.56. The SMILES string of the molecule is O=C(c1cccc2ccccc12)C(F)(F)c1ccccc1. The summed E-state index contributed by atoms with van der Waals surface area (Å²) in [5, 5.41) is 1.31. The lowest BCUT2D eigenvalue weighted by molar-refractivity contribution is 0.00760. The van der Waals surface area contributed by atoms with Gasteiger partial charge in [0.25, 0.3) is 0 Å². The second-order valence-corrected chi connectivity index (χ2v) is 4.80. The van der Waals surface area contributed by atoms with E-state index in [1.807, 2.05) is 6.07 Å². The number of fused-ring (bicyclic) bond motifs is 1. The summed E-state index contributed by atoms with van der Waals surface area (Å²) in [5.41, 5.74) is -0.245. The topological polar surface area (TPSA) is 17.1 Å². The molecule has 0 aliphatic carbocycles. The third-order valence-corrected chi connectivity index (χ3v) is 3.46. The van der Waals surface area contributed by atoms with Crippen molar-refractivity contribution in [3.8, 4) is 0 Å². The molecule has 0 aliphatic rings. The minimum atomic E-state index is -3.54. The maximum Gasteiger partial charge on any atom is 0.334 e. The van der Waals surface area contributed by atoms with Crippen molar-refractivity contribution in [3.05, 3.63) is 83.9 Å². The van der Waals surface area contributed by atoms with E-state index in [-0.39, 0.29) is 11.1 Å². The Morgan fingerprint density at radius 1 is 0.762 bits per heavy atom. The van der Waals surface area contributed by atoms with Crippen LogP contribution in [0.4, 0.5) is 8.78 Å². The molecule has 104 valence electrons. The van der Waals surface area contributed by atoms with Gasteiger partial charge in [-0.2, -0.15) is 8.78 Å². The molecule has 0 saturated heterocycles. The van der Waals surface area contributed by atoms with Crippen molar-refractivity contribution in [3.63, 3.8) is 0 Å². The molecule has 0 spiro atoms. The van der Waals surface area contributed by atoms with Gasteiger partial charge in [-0.1, -0.05) is 72.8 Å². The standard InChI is InChI=1S/C18H12F2O/c19-18(20,14-9-2-1-3-10-14)17(21)16-12-6-8-13-7-4-5-11-15(13)16/h1-12H. The van der Waals surface area contributed by atoms with E-state index in [2.05, 4.69) is 0 Å². The van der Waals surface area contributed by atoms with Crippen molar-refractivity contribution in [1.82, 2.24) is 0 Å². The molecule has 0 radical (unpaired) electrons. The lowest BCUT2D eigenvalue weighted by Crippen LogP contribution is -2.26. The molecule has 0 heterocycles. The maximum absolute atomic E-state index is 14.4. The number of ketones is 1. The molecule has 0 unspecified atom stereocenters. The molecule has 0 fully saturated rings. The Kier molecular flexibility index (Phi) is 3.26. The molecular formula is C18H12F2O. The van der Waals surface area contributed by atoms with Crippen LogP contribution in [0.3, 0.4) is 0 Å². The van der Waals surface area contributed by atoms with E-state index in [1.165, 1.54) is 30.3 Å². The van der Waals surface area contributed by atoms with Crippen molar-refractivity contribution in [2.75, 3.05) is 0 Å². The van der Waals surface area contributed by atoms with Crippen molar-refractivity contribution in [1.29, 1.82) is 0 Å². The summed E-state index contributed by atoms with van der Waals surface area (Å²) in [4.78, 5) is 12.3. The highest BCUT2D eigenvalue weighted by Gasteiger charge is 2.41. The van der Waals surface area contributed by atoms with E-state index >= 15 is 0 Å². The largest absolute Gasteiger partial charge is 0.334 e. The van der Waals surface area contributed by atoms with Gasteiger partial charge in [0.2, 0.25) is 5.78 Å². The number of Topliss-reactive ketones (excluding diaryl/α,β-unsaturated/α-hetero) is 1. The number of rotatable bonds is 3. The Morgan fingerprint density at radius 3 is 2.14 bits per heavy atom. The van der Waals surface area contributed by atoms with Crippen LogP contribution in [-0.4, -0.2) is 5.78 Å². The third kappa shape index (κ3) is 2.31. The molecule has 0 atom stereocenters. The predicted octanol–water partition coefficient (Wildman–Crippen LogP) is 4.81. The lowest BCUT2D eigenvalue weighted by atomic mass is 9.95. The van der Waals surface area contributed by atoms with Crippen LogP contribution in [0.5, 0.6) is 0 Å². The first kappa shape index (κ1) is 13.4. The number of carbonyl (C=O) groups is 1. The number of alkyl halides is 2. The first-order chi connectivity index (χ1) is 10.1. The smallest absolute Gasteiger partial charge is 0.287 e. The van der Waals surface area contributed by atoms with Crippen LogP contribution in [0.15, 0.2) is 72.8 Å². The summed E-state index contributed by atoms with van der Waals surface area (Å²) in [6.45, 7) is 0. The molecule has 0 amide bonds. The van der Waals surface area contributed by atoms with E-state index in [9.17, 15) is 13.6 Å². The van der Waals surface area contributed by atoms with E-state index in [0.29, 0.717) is 5.39 Å². The predicted molar refractivity (Wildman–Crippen MR) is 78.6 cm³/mol. The molecule has 3 aromatic carbocycles. The highest BCUT2D eigenvalue weighted by molar-refractivity contribution is 6.11. The summed E-state index contributed by atoms with van der Waals surface area (Å²) >= 11 is 0. The molecule has 3 aromatic rings. The molecule has 1 nitrogen and oxygen atoms in total. The van der Waals surface area contributed by atoms with Crippen LogP contribution in [0.2, 0.25) is 0 Å². The van der Waals surface area contributed by atoms with E-state index in [0.717, 1.165) is 5.39 Å². The van der Waals surface area contributed by atoms with Gasteiger partial charge in [0, 0.05) is 11.1 Å². The van der Waals surface area contributed by atoms with Crippen LogP contribution in [0.1, 0.15) is 15.9 Å². The lowest BCUT2D eigenvalue weighted by Gasteiger charge is -2.16. The fourth-order valence-corrected chi connectivity index (χ4v) is 2.37. The average molecular weight is 282 g/mol. The van der Waals surface area contributed by atoms with Gasteiger partial charge in [-0.25, -0.2) is 0 Å². The minimum absolute atomic E-state index is 0.0435. The number of halogens is 2. The minimum Gasteiger partial charge on any atom is -0.287 e. The zero-order valence-electron chi connectivity index (χ0n) is 11.1. The molecule has 3 heteroatoms. The van der Waals surface area contributed by atoms with E-state index in [4.69, 9.17) is 0 Å². The Balaban J connectivity index is 2.13. The van der Waals surface area contributed by atoms with Crippen molar-refractivity contribution >= 4 is 16.6 Å². The van der Waals surface area contributed by atoms with Gasteiger partial charge in [0.1, 0.15) is 0 Å². The Bertz CT molecular complexity index is 789. The quantitative estimate of drug-likeness (QED) is 0.630. The Morgan fingerprint density at radius 2 is 1.38 bits per heavy atom. The van der Waals surface area contributed by atoms with Crippen molar-refractivity contribution < 1.29 is 13.6 Å². The summed E-state index contributed by atoms with van der Waals surface area (Å²) in [6.07, 6.45) is 0. The molecular weight excluding hydrogens is 270 g/mol. The number of benzene rings is 3. The molecule has 0 aliphatic heterocycles. The van der Waals surface area contributed by atoms with Crippen LogP contribution < -0.4 is 0 Å². The van der Waals surface area contributed by atoms with Gasteiger partial charge in [-0.3, -0.25) is 4.79 Å². The van der Waals surface area contributed by atoms with Gasteiger partial charge in [0.05, 0.1) is 0 Å². The highest BCUT2D eigenvalue weighted by atomic mass is 19.3. The van der Waals surface area contributed by atoms with Gasteiger partial charge in [-0.15, -0.1) is 0 Å². The van der Waals surface area contributed by atoms with Crippen LogP contribution >= 0.6 is 0 Å². The molecule has 0 bridgehead atoms. The highest BCUT2D eigenvalue weighted by Crippen LogP contribution is 2.33. The zero-order chi connectivity index (χ0) is 14.9. The number of hydrogen-bond donors (Lipinski definition) is 0. The monoisotopic (exact) mass is 282 g/mol. The van der Waals surface area contributed by atoms with Gasteiger partial charge >= 0.3 is 5.92 Å². The third-order valence-electron chi connectivity index (χ3n) is 3.46. The van der Waals surface area contributed by atoms with Gasteiger partial charge in [0.15, 0.2) is 0 Å². The normalized spacial score (nSPS) is 11.5. The second kappa shape index (κ2) is 5.09. The average Bonchev–Trinajstić information content (AvgIpc) is 2.54. The van der Waals surface area contributed by atoms with Crippen molar-refractivity contribution in [2.45, 2.75) is 5.92 Å². The molecule has 0 aromatic heterocycles. The van der Waals surface area contributed by atoms with Crippen LogP contribution in [-0.2, 0) is 5.92 Å². The Labute approximate surface area is 120 Å². The van der Waals surface area contributed by atoms with E-state index in [1.54, 1.807) is 36.4 Å². The number of hydrogen-bond acceptors (Lipinski definition) is 1. The second-order valence-electron chi connectivity index (χ2n) is 4.80.